The molecule has 8 nitrogen and oxygen atoms in total. The highest BCUT2D eigenvalue weighted by Crippen LogP contribution is 2.06. The molecule has 1 aliphatic heterocycles. The van der Waals surface area contributed by atoms with Gasteiger partial charge < -0.3 is 24.7 Å². The SMILES string of the molecule is COCCN(CCO)C(=O)N1CCN(CCC(=O)O)CC1. The summed E-state index contributed by atoms with van der Waals surface area (Å²) in [6.07, 6.45) is 0.123. The fourth-order valence-corrected chi connectivity index (χ4v) is 2.24. The van der Waals surface area contributed by atoms with Gasteiger partial charge in [-0.05, 0) is 0 Å². The summed E-state index contributed by atoms with van der Waals surface area (Å²) in [6, 6.07) is -0.0982. The minimum Gasteiger partial charge on any atom is -0.481 e. The van der Waals surface area contributed by atoms with Gasteiger partial charge in [0, 0.05) is 52.9 Å². The monoisotopic (exact) mass is 303 g/mol. The van der Waals surface area contributed by atoms with Gasteiger partial charge in [-0.25, -0.2) is 4.79 Å². The summed E-state index contributed by atoms with van der Waals surface area (Å²) in [7, 11) is 1.57. The molecule has 0 aromatic heterocycles. The number of hydrogen-bond donors (Lipinski definition) is 2. The smallest absolute Gasteiger partial charge is 0.320 e. The lowest BCUT2D eigenvalue weighted by Gasteiger charge is -2.37. The van der Waals surface area contributed by atoms with Crippen molar-refractivity contribution >= 4 is 12.0 Å². The number of nitrogens with zero attached hydrogens (tertiary/aromatic N) is 3. The largest absolute Gasteiger partial charge is 0.481 e. The van der Waals surface area contributed by atoms with Crippen LogP contribution in [-0.4, -0.2) is 103 Å². The molecule has 0 bridgehead atoms. The van der Waals surface area contributed by atoms with Crippen LogP contribution in [0.3, 0.4) is 0 Å². The Balaban J connectivity index is 2.39. The van der Waals surface area contributed by atoms with Crippen LogP contribution in [0.25, 0.3) is 0 Å². The molecule has 1 aliphatic rings. The van der Waals surface area contributed by atoms with Crippen LogP contribution in [0, 0.1) is 0 Å². The van der Waals surface area contributed by atoms with Gasteiger partial charge in [-0.2, -0.15) is 0 Å². The number of rotatable bonds is 8. The van der Waals surface area contributed by atoms with Crippen molar-refractivity contribution in [2.75, 3.05) is 66.1 Å². The van der Waals surface area contributed by atoms with Crippen LogP contribution < -0.4 is 0 Å². The van der Waals surface area contributed by atoms with E-state index in [2.05, 4.69) is 0 Å². The van der Waals surface area contributed by atoms with Crippen molar-refractivity contribution in [1.82, 2.24) is 14.7 Å². The van der Waals surface area contributed by atoms with E-state index >= 15 is 0 Å². The summed E-state index contributed by atoms with van der Waals surface area (Å²) in [5, 5.41) is 17.7. The second-order valence-electron chi connectivity index (χ2n) is 4.96. The number of carbonyl (C=O) groups is 2. The third-order valence-corrected chi connectivity index (χ3v) is 3.49. The molecule has 2 N–H and O–H groups in total. The summed E-state index contributed by atoms with van der Waals surface area (Å²) in [4.78, 5) is 28.2. The minimum absolute atomic E-state index is 0.0754. The topological polar surface area (TPSA) is 93.6 Å². The van der Waals surface area contributed by atoms with Gasteiger partial charge in [-0.1, -0.05) is 0 Å². The van der Waals surface area contributed by atoms with E-state index in [0.29, 0.717) is 52.4 Å². The number of aliphatic hydroxyl groups excluding tert-OH is 1. The summed E-state index contributed by atoms with van der Waals surface area (Å²) >= 11 is 0. The van der Waals surface area contributed by atoms with Crippen LogP contribution in [-0.2, 0) is 9.53 Å². The maximum atomic E-state index is 12.3. The molecule has 21 heavy (non-hydrogen) atoms. The van der Waals surface area contributed by atoms with E-state index in [-0.39, 0.29) is 19.1 Å². The first-order chi connectivity index (χ1) is 10.1. The predicted molar refractivity (Wildman–Crippen MR) is 76.2 cm³/mol. The van der Waals surface area contributed by atoms with Gasteiger partial charge in [0.05, 0.1) is 19.6 Å². The van der Waals surface area contributed by atoms with Gasteiger partial charge in [0.1, 0.15) is 0 Å². The van der Waals surface area contributed by atoms with E-state index in [4.69, 9.17) is 14.9 Å². The average Bonchev–Trinajstić information content (AvgIpc) is 2.49. The van der Waals surface area contributed by atoms with Gasteiger partial charge in [0.2, 0.25) is 0 Å². The molecule has 0 radical (unpaired) electrons. The lowest BCUT2D eigenvalue weighted by molar-refractivity contribution is -0.137. The van der Waals surface area contributed by atoms with Crippen LogP contribution >= 0.6 is 0 Å². The number of carbonyl (C=O) groups excluding carboxylic acids is 1. The number of aliphatic hydroxyl groups is 1. The fraction of sp³-hybridized carbons (Fsp3) is 0.846. The Morgan fingerprint density at radius 1 is 1.19 bits per heavy atom. The first kappa shape index (κ1) is 17.7. The molecule has 1 saturated heterocycles. The number of piperazine rings is 1. The molecule has 0 spiro atoms. The molecular formula is C13H25N3O5. The normalized spacial score (nSPS) is 16.0. The van der Waals surface area contributed by atoms with E-state index in [1.54, 1.807) is 16.9 Å². The number of ether oxygens (including phenoxy) is 1. The van der Waals surface area contributed by atoms with Gasteiger partial charge in [-0.3, -0.25) is 9.69 Å². The molecule has 0 aromatic carbocycles. The molecule has 0 atom stereocenters. The molecule has 1 heterocycles. The van der Waals surface area contributed by atoms with Crippen LogP contribution in [0.5, 0.6) is 0 Å². The van der Waals surface area contributed by atoms with Crippen molar-refractivity contribution in [1.29, 1.82) is 0 Å². The Morgan fingerprint density at radius 3 is 2.38 bits per heavy atom. The highest BCUT2D eigenvalue weighted by molar-refractivity contribution is 5.74. The summed E-state index contributed by atoms with van der Waals surface area (Å²) in [5.74, 6) is -0.804. The molecular weight excluding hydrogens is 278 g/mol. The number of carboxylic acids is 1. The molecule has 2 amide bonds. The zero-order valence-corrected chi connectivity index (χ0v) is 12.5. The average molecular weight is 303 g/mol. The zero-order chi connectivity index (χ0) is 15.7. The van der Waals surface area contributed by atoms with E-state index in [1.165, 1.54) is 0 Å². The van der Waals surface area contributed by atoms with Gasteiger partial charge in [-0.15, -0.1) is 0 Å². The Kier molecular flexibility index (Phi) is 8.03. The van der Waals surface area contributed by atoms with Crippen LogP contribution in [0.1, 0.15) is 6.42 Å². The first-order valence-electron chi connectivity index (χ1n) is 7.16. The third kappa shape index (κ3) is 6.28. The van der Waals surface area contributed by atoms with E-state index in [9.17, 15) is 9.59 Å². The second kappa shape index (κ2) is 9.54. The third-order valence-electron chi connectivity index (χ3n) is 3.49. The Hall–Kier alpha value is -1.38. The van der Waals surface area contributed by atoms with E-state index < -0.39 is 5.97 Å². The Morgan fingerprint density at radius 2 is 1.86 bits per heavy atom. The van der Waals surface area contributed by atoms with Crippen molar-refractivity contribution in [2.24, 2.45) is 0 Å². The summed E-state index contributed by atoms with van der Waals surface area (Å²) in [6.45, 7) is 4.13. The maximum Gasteiger partial charge on any atom is 0.320 e. The maximum absolute atomic E-state index is 12.3. The van der Waals surface area contributed by atoms with E-state index in [1.807, 2.05) is 4.90 Å². The van der Waals surface area contributed by atoms with Crippen molar-refractivity contribution < 1.29 is 24.5 Å². The molecule has 1 fully saturated rings. The molecule has 1 rings (SSSR count). The van der Waals surface area contributed by atoms with Crippen LogP contribution in [0.4, 0.5) is 4.79 Å². The number of aliphatic carboxylic acids is 1. The predicted octanol–water partition coefficient (Wildman–Crippen LogP) is -0.861. The summed E-state index contributed by atoms with van der Waals surface area (Å²) < 4.78 is 4.97. The lowest BCUT2D eigenvalue weighted by Crippen LogP contribution is -2.53. The molecule has 0 aliphatic carbocycles. The van der Waals surface area contributed by atoms with Gasteiger partial charge >= 0.3 is 12.0 Å². The van der Waals surface area contributed by atoms with Crippen molar-refractivity contribution in [3.05, 3.63) is 0 Å². The number of amides is 2. The van der Waals surface area contributed by atoms with Gasteiger partial charge in [0.15, 0.2) is 0 Å². The molecule has 0 unspecified atom stereocenters. The van der Waals surface area contributed by atoms with Crippen molar-refractivity contribution in [3.63, 3.8) is 0 Å². The highest BCUT2D eigenvalue weighted by atomic mass is 16.5. The van der Waals surface area contributed by atoms with Crippen LogP contribution in [0.15, 0.2) is 0 Å². The quantitative estimate of drug-likeness (QED) is 0.606. The summed E-state index contributed by atoms with van der Waals surface area (Å²) in [5.41, 5.74) is 0. The Bertz CT molecular complexity index is 332. The number of urea groups is 1. The highest BCUT2D eigenvalue weighted by Gasteiger charge is 2.24. The van der Waals surface area contributed by atoms with Crippen molar-refractivity contribution in [3.8, 4) is 0 Å². The molecule has 8 heteroatoms. The number of carboxylic acid groups (broad SMARTS) is 1. The minimum atomic E-state index is -0.804. The lowest BCUT2D eigenvalue weighted by atomic mass is 10.3. The zero-order valence-electron chi connectivity index (χ0n) is 12.5. The van der Waals surface area contributed by atoms with Crippen molar-refractivity contribution in [2.45, 2.75) is 6.42 Å². The number of methoxy groups -OCH3 is 1. The van der Waals surface area contributed by atoms with Crippen LogP contribution in [0.2, 0.25) is 0 Å². The fourth-order valence-electron chi connectivity index (χ4n) is 2.24. The molecule has 0 aromatic rings. The molecule has 122 valence electrons. The van der Waals surface area contributed by atoms with Gasteiger partial charge in [0.25, 0.3) is 0 Å². The second-order valence-corrected chi connectivity index (χ2v) is 4.96. The Labute approximate surface area is 124 Å². The standard InChI is InChI=1S/C13H25N3O5/c1-21-11-9-16(8-10-17)13(20)15-6-4-14(5-7-15)3-2-12(18)19/h17H,2-11H2,1H3,(H,18,19). The first-order valence-corrected chi connectivity index (χ1v) is 7.16. The number of hydrogen-bond acceptors (Lipinski definition) is 5. The van der Waals surface area contributed by atoms with E-state index in [0.717, 1.165) is 0 Å². The molecule has 0 saturated carbocycles.